The second kappa shape index (κ2) is 4.10. The zero-order chi connectivity index (χ0) is 15.2. The highest BCUT2D eigenvalue weighted by Gasteiger charge is 2.67. The molecule has 4 aliphatic carbocycles. The van der Waals surface area contributed by atoms with Crippen molar-refractivity contribution in [2.24, 2.45) is 35.5 Å². The second-order valence-electron chi connectivity index (χ2n) is 7.10. The monoisotopic (exact) mass is 357 g/mol. The van der Waals surface area contributed by atoms with Gasteiger partial charge in [-0.25, -0.2) is 4.90 Å². The Balaban J connectivity index is 1.60. The molecular formula is C18H16BrNO2. The van der Waals surface area contributed by atoms with Crippen LogP contribution in [0.3, 0.4) is 0 Å². The fraction of sp³-hybridized carbons (Fsp3) is 0.444. The molecule has 2 amide bonds. The van der Waals surface area contributed by atoms with Crippen molar-refractivity contribution in [3.05, 3.63) is 40.4 Å². The molecule has 3 nitrogen and oxygen atoms in total. The molecule has 112 valence electrons. The van der Waals surface area contributed by atoms with E-state index in [4.69, 9.17) is 0 Å². The Hall–Kier alpha value is -1.42. The number of rotatable bonds is 1. The van der Waals surface area contributed by atoms with Crippen molar-refractivity contribution in [3.63, 3.8) is 0 Å². The number of nitrogens with zero attached hydrogens (tertiary/aromatic N) is 1. The van der Waals surface area contributed by atoms with Crippen molar-refractivity contribution in [1.82, 2.24) is 0 Å². The smallest absolute Gasteiger partial charge is 0.238 e. The summed E-state index contributed by atoms with van der Waals surface area (Å²) in [7, 11) is 0. The average molecular weight is 358 g/mol. The van der Waals surface area contributed by atoms with Crippen LogP contribution in [-0.2, 0) is 9.59 Å². The quantitative estimate of drug-likeness (QED) is 0.571. The van der Waals surface area contributed by atoms with Crippen LogP contribution in [-0.4, -0.2) is 11.8 Å². The summed E-state index contributed by atoms with van der Waals surface area (Å²) in [5.74, 6) is 1.69. The highest BCUT2D eigenvalue weighted by atomic mass is 79.9. The van der Waals surface area contributed by atoms with Crippen molar-refractivity contribution in [2.45, 2.75) is 13.3 Å². The molecule has 22 heavy (non-hydrogen) atoms. The number of amides is 2. The number of imide groups is 1. The lowest BCUT2D eigenvalue weighted by molar-refractivity contribution is -0.124. The van der Waals surface area contributed by atoms with E-state index in [0.29, 0.717) is 11.8 Å². The van der Waals surface area contributed by atoms with Crippen LogP contribution >= 0.6 is 15.9 Å². The SMILES string of the molecule is Cc1cc(Br)ccc1N1C(=O)[C@@H]2[C@H]3C=C[C@@H]([C@@H]4C[C@@H]34)[C@H]2C1=O. The number of allylic oxidation sites excluding steroid dienone is 2. The molecule has 5 aliphatic rings. The minimum atomic E-state index is -0.116. The van der Waals surface area contributed by atoms with Gasteiger partial charge < -0.3 is 0 Å². The van der Waals surface area contributed by atoms with Crippen molar-refractivity contribution in [3.8, 4) is 0 Å². The first-order valence-electron chi connectivity index (χ1n) is 7.90. The van der Waals surface area contributed by atoms with E-state index in [-0.39, 0.29) is 35.5 Å². The zero-order valence-electron chi connectivity index (χ0n) is 12.2. The van der Waals surface area contributed by atoms with Crippen LogP contribution in [0.15, 0.2) is 34.8 Å². The van der Waals surface area contributed by atoms with E-state index in [1.165, 1.54) is 11.3 Å². The van der Waals surface area contributed by atoms with E-state index in [1.807, 2.05) is 25.1 Å². The first kappa shape index (κ1) is 13.1. The summed E-state index contributed by atoms with van der Waals surface area (Å²) in [6.07, 6.45) is 5.62. The highest BCUT2D eigenvalue weighted by molar-refractivity contribution is 9.10. The third-order valence-corrected chi connectivity index (χ3v) is 6.56. The van der Waals surface area contributed by atoms with Gasteiger partial charge in [-0.2, -0.15) is 0 Å². The van der Waals surface area contributed by atoms with Gasteiger partial charge in [0.1, 0.15) is 0 Å². The van der Waals surface area contributed by atoms with Crippen LogP contribution in [0.1, 0.15) is 12.0 Å². The minimum Gasteiger partial charge on any atom is -0.274 e. The summed E-state index contributed by atoms with van der Waals surface area (Å²) in [5, 5.41) is 0. The van der Waals surface area contributed by atoms with Gasteiger partial charge in [-0.05, 0) is 60.8 Å². The highest BCUT2D eigenvalue weighted by Crippen LogP contribution is 2.65. The third kappa shape index (κ3) is 1.47. The van der Waals surface area contributed by atoms with E-state index in [2.05, 4.69) is 28.1 Å². The van der Waals surface area contributed by atoms with Crippen LogP contribution in [0.4, 0.5) is 5.69 Å². The van der Waals surface area contributed by atoms with Gasteiger partial charge in [-0.3, -0.25) is 9.59 Å². The zero-order valence-corrected chi connectivity index (χ0v) is 13.8. The fourth-order valence-corrected chi connectivity index (χ4v) is 5.54. The fourth-order valence-electron chi connectivity index (χ4n) is 5.06. The maximum atomic E-state index is 13.0. The Morgan fingerprint density at radius 3 is 2.18 bits per heavy atom. The third-order valence-electron chi connectivity index (χ3n) is 6.06. The second-order valence-corrected chi connectivity index (χ2v) is 8.01. The summed E-state index contributed by atoms with van der Waals surface area (Å²) >= 11 is 3.44. The Bertz CT molecular complexity index is 719. The lowest BCUT2D eigenvalue weighted by Gasteiger charge is -2.37. The maximum Gasteiger partial charge on any atom is 0.238 e. The predicted octanol–water partition coefficient (Wildman–Crippen LogP) is 3.32. The van der Waals surface area contributed by atoms with Crippen molar-refractivity contribution in [2.75, 3.05) is 4.90 Å². The number of halogens is 1. The molecule has 1 aliphatic heterocycles. The van der Waals surface area contributed by atoms with Crippen LogP contribution in [0.25, 0.3) is 0 Å². The summed E-state index contributed by atoms with van der Waals surface area (Å²) in [5.41, 5.74) is 1.71. The number of hydrogen-bond acceptors (Lipinski definition) is 2. The predicted molar refractivity (Wildman–Crippen MR) is 86.1 cm³/mol. The van der Waals surface area contributed by atoms with Crippen molar-refractivity contribution in [1.29, 1.82) is 0 Å². The molecule has 6 rings (SSSR count). The van der Waals surface area contributed by atoms with Gasteiger partial charge in [0.2, 0.25) is 11.8 Å². The van der Waals surface area contributed by atoms with E-state index >= 15 is 0 Å². The minimum absolute atomic E-state index is 0.0186. The summed E-state index contributed by atoms with van der Waals surface area (Å²) in [6, 6.07) is 5.74. The van der Waals surface area contributed by atoms with Crippen LogP contribution in [0.5, 0.6) is 0 Å². The number of benzene rings is 1. The van der Waals surface area contributed by atoms with Crippen LogP contribution < -0.4 is 4.90 Å². The molecular weight excluding hydrogens is 342 g/mol. The first-order valence-corrected chi connectivity index (χ1v) is 8.69. The lowest BCUT2D eigenvalue weighted by atomic mass is 9.63. The molecule has 1 aromatic rings. The van der Waals surface area contributed by atoms with Crippen LogP contribution in [0.2, 0.25) is 0 Å². The van der Waals surface area contributed by atoms with Crippen molar-refractivity contribution < 1.29 is 9.59 Å². The van der Waals surface area contributed by atoms with Gasteiger partial charge in [0, 0.05) is 4.47 Å². The van der Waals surface area contributed by atoms with Gasteiger partial charge in [0.05, 0.1) is 17.5 Å². The summed E-state index contributed by atoms with van der Waals surface area (Å²) in [6.45, 7) is 1.95. The molecule has 0 unspecified atom stereocenters. The molecule has 0 N–H and O–H groups in total. The van der Waals surface area contributed by atoms with Crippen LogP contribution in [0, 0.1) is 42.4 Å². The van der Waals surface area contributed by atoms with Gasteiger partial charge >= 0.3 is 0 Å². The van der Waals surface area contributed by atoms with Gasteiger partial charge in [-0.1, -0.05) is 28.1 Å². The molecule has 2 saturated carbocycles. The molecule has 0 aromatic heterocycles. The molecule has 3 fully saturated rings. The number of hydrogen-bond donors (Lipinski definition) is 0. The molecule has 1 aromatic carbocycles. The lowest BCUT2D eigenvalue weighted by Crippen LogP contribution is -2.40. The normalized spacial score (nSPS) is 40.9. The Kier molecular flexibility index (Phi) is 2.44. The van der Waals surface area contributed by atoms with Crippen molar-refractivity contribution >= 4 is 33.4 Å². The molecule has 0 spiro atoms. The molecule has 1 saturated heterocycles. The van der Waals surface area contributed by atoms with E-state index in [9.17, 15) is 9.59 Å². The van der Waals surface area contributed by atoms with E-state index in [0.717, 1.165) is 15.7 Å². The average Bonchev–Trinajstić information content (AvgIpc) is 3.26. The molecule has 2 bridgehead atoms. The molecule has 0 radical (unpaired) electrons. The molecule has 4 heteroatoms. The standard InChI is InChI=1S/C18H16BrNO2/c1-8-6-9(19)2-5-14(8)20-17(21)15-10-3-4-11(13-7-12(10)13)16(15)18(20)22/h2-6,10-13,15-16H,7H2,1H3/t10-,11-,12-,13-,15+,16+/m0/s1. The number of carbonyl (C=O) groups is 2. The summed E-state index contributed by atoms with van der Waals surface area (Å²) < 4.78 is 0.966. The first-order chi connectivity index (χ1) is 10.6. The molecule has 6 atom stereocenters. The largest absolute Gasteiger partial charge is 0.274 e. The topological polar surface area (TPSA) is 37.4 Å². The Morgan fingerprint density at radius 2 is 1.64 bits per heavy atom. The number of aryl methyl sites for hydroxylation is 1. The van der Waals surface area contributed by atoms with Gasteiger partial charge in [0.25, 0.3) is 0 Å². The van der Waals surface area contributed by atoms with E-state index in [1.54, 1.807) is 0 Å². The number of carbonyl (C=O) groups excluding carboxylic acids is 2. The Labute approximate surface area is 137 Å². The molecule has 1 heterocycles. The summed E-state index contributed by atoms with van der Waals surface area (Å²) in [4.78, 5) is 27.5. The van der Waals surface area contributed by atoms with Gasteiger partial charge in [0.15, 0.2) is 0 Å². The number of anilines is 1. The maximum absolute atomic E-state index is 13.0. The van der Waals surface area contributed by atoms with Gasteiger partial charge in [-0.15, -0.1) is 0 Å². The van der Waals surface area contributed by atoms with E-state index < -0.39 is 0 Å². The Morgan fingerprint density at radius 1 is 1.05 bits per heavy atom.